The van der Waals surface area contributed by atoms with Gasteiger partial charge in [-0.25, -0.2) is 0 Å². The van der Waals surface area contributed by atoms with Gasteiger partial charge in [-0.2, -0.15) is 0 Å². The van der Waals surface area contributed by atoms with E-state index < -0.39 is 5.97 Å². The zero-order valence-corrected chi connectivity index (χ0v) is 10.2. The molecule has 0 heterocycles. The largest absolute Gasteiger partial charge is 0.481 e. The lowest BCUT2D eigenvalue weighted by Gasteiger charge is -2.02. The summed E-state index contributed by atoms with van der Waals surface area (Å²) < 4.78 is 0. The van der Waals surface area contributed by atoms with Crippen molar-refractivity contribution >= 4 is 17.6 Å². The van der Waals surface area contributed by atoms with E-state index in [9.17, 15) is 0 Å². The summed E-state index contributed by atoms with van der Waals surface area (Å²) >= 11 is 6.06. The molecule has 2 aromatic carbocycles. The van der Waals surface area contributed by atoms with Crippen LogP contribution in [0.1, 0.15) is 6.92 Å². The van der Waals surface area contributed by atoms with Crippen molar-refractivity contribution in [2.45, 2.75) is 6.92 Å². The highest BCUT2D eigenvalue weighted by atomic mass is 35.5. The molecule has 1 N–H and O–H groups in total. The third kappa shape index (κ3) is 4.70. The number of rotatable bonds is 1. The van der Waals surface area contributed by atoms with Crippen molar-refractivity contribution in [2.24, 2.45) is 0 Å². The average molecular weight is 249 g/mol. The van der Waals surface area contributed by atoms with Crippen molar-refractivity contribution < 1.29 is 9.90 Å². The van der Waals surface area contributed by atoms with Crippen LogP contribution in [0, 0.1) is 0 Å². The minimum atomic E-state index is -0.833. The number of hydrogen-bond acceptors (Lipinski definition) is 1. The molecule has 0 aliphatic carbocycles. The van der Waals surface area contributed by atoms with E-state index in [0.717, 1.165) is 23.1 Å². The van der Waals surface area contributed by atoms with Gasteiger partial charge >= 0.3 is 0 Å². The Morgan fingerprint density at radius 3 is 2.00 bits per heavy atom. The Balaban J connectivity index is 0.000000317. The van der Waals surface area contributed by atoms with Gasteiger partial charge < -0.3 is 5.11 Å². The lowest BCUT2D eigenvalue weighted by Crippen LogP contribution is -1.78. The fourth-order valence-corrected chi connectivity index (χ4v) is 1.56. The SMILES string of the molecule is CC(=O)O.Clc1ccccc1-c1ccccc1. The van der Waals surface area contributed by atoms with Gasteiger partial charge in [0.1, 0.15) is 0 Å². The minimum absolute atomic E-state index is 0.800. The molecule has 0 fully saturated rings. The highest BCUT2D eigenvalue weighted by Crippen LogP contribution is 2.26. The Morgan fingerprint density at radius 2 is 1.47 bits per heavy atom. The van der Waals surface area contributed by atoms with Crippen LogP contribution in [0.15, 0.2) is 54.6 Å². The first-order valence-corrected chi connectivity index (χ1v) is 5.48. The molecule has 0 radical (unpaired) electrons. The Labute approximate surface area is 105 Å². The van der Waals surface area contributed by atoms with E-state index in [-0.39, 0.29) is 0 Å². The van der Waals surface area contributed by atoms with Crippen LogP contribution < -0.4 is 0 Å². The molecule has 2 rings (SSSR count). The van der Waals surface area contributed by atoms with Gasteiger partial charge in [-0.3, -0.25) is 4.79 Å². The Kier molecular flexibility index (Phi) is 5.24. The summed E-state index contributed by atoms with van der Waals surface area (Å²) in [5.41, 5.74) is 2.25. The van der Waals surface area contributed by atoms with Crippen LogP contribution in [0.5, 0.6) is 0 Å². The fourth-order valence-electron chi connectivity index (χ4n) is 1.31. The van der Waals surface area contributed by atoms with Gasteiger partial charge in [-0.05, 0) is 11.6 Å². The standard InChI is InChI=1S/C12H9Cl.C2H4O2/c13-12-9-5-4-8-11(12)10-6-2-1-3-7-10;1-2(3)4/h1-9H;1H3,(H,3,4). The molecule has 0 saturated carbocycles. The summed E-state index contributed by atoms with van der Waals surface area (Å²) in [6.45, 7) is 1.08. The number of hydrogen-bond donors (Lipinski definition) is 1. The molecule has 0 aliphatic rings. The van der Waals surface area contributed by atoms with Crippen molar-refractivity contribution in [2.75, 3.05) is 0 Å². The predicted molar refractivity (Wildman–Crippen MR) is 70.2 cm³/mol. The smallest absolute Gasteiger partial charge is 0.300 e. The molecule has 0 spiro atoms. The second-order valence-electron chi connectivity index (χ2n) is 3.36. The Hall–Kier alpha value is -1.80. The maximum Gasteiger partial charge on any atom is 0.300 e. The predicted octanol–water partition coefficient (Wildman–Crippen LogP) is 4.10. The molecule has 0 amide bonds. The van der Waals surface area contributed by atoms with Gasteiger partial charge in [0, 0.05) is 17.5 Å². The number of carboxylic acid groups (broad SMARTS) is 1. The number of carboxylic acids is 1. The monoisotopic (exact) mass is 248 g/mol. The number of aliphatic carboxylic acids is 1. The molecular formula is C14H13ClO2. The molecule has 0 atom stereocenters. The highest BCUT2D eigenvalue weighted by molar-refractivity contribution is 6.33. The van der Waals surface area contributed by atoms with E-state index in [4.69, 9.17) is 21.5 Å². The highest BCUT2D eigenvalue weighted by Gasteiger charge is 1.99. The summed E-state index contributed by atoms with van der Waals surface area (Å²) in [6, 6.07) is 18.0. The van der Waals surface area contributed by atoms with Crippen LogP contribution in [0.2, 0.25) is 5.02 Å². The van der Waals surface area contributed by atoms with Crippen molar-refractivity contribution in [1.29, 1.82) is 0 Å². The zero-order chi connectivity index (χ0) is 12.7. The van der Waals surface area contributed by atoms with Crippen molar-refractivity contribution in [3.8, 4) is 11.1 Å². The van der Waals surface area contributed by atoms with Crippen molar-refractivity contribution in [1.82, 2.24) is 0 Å². The maximum absolute atomic E-state index is 9.00. The number of benzene rings is 2. The van der Waals surface area contributed by atoms with Crippen LogP contribution >= 0.6 is 11.6 Å². The molecule has 0 unspecified atom stereocenters. The topological polar surface area (TPSA) is 37.3 Å². The molecule has 17 heavy (non-hydrogen) atoms. The second-order valence-corrected chi connectivity index (χ2v) is 3.77. The summed E-state index contributed by atoms with van der Waals surface area (Å²) in [6.07, 6.45) is 0. The molecule has 3 heteroatoms. The fraction of sp³-hybridized carbons (Fsp3) is 0.0714. The first kappa shape index (κ1) is 13.3. The third-order valence-electron chi connectivity index (χ3n) is 1.96. The summed E-state index contributed by atoms with van der Waals surface area (Å²) in [7, 11) is 0. The first-order chi connectivity index (χ1) is 8.11. The number of halogens is 1. The first-order valence-electron chi connectivity index (χ1n) is 5.10. The van der Waals surface area contributed by atoms with Gasteiger partial charge in [0.2, 0.25) is 0 Å². The summed E-state index contributed by atoms with van der Waals surface area (Å²) in [5, 5.41) is 8.22. The van der Waals surface area contributed by atoms with Crippen molar-refractivity contribution in [3.05, 3.63) is 59.6 Å². The Morgan fingerprint density at radius 1 is 1.00 bits per heavy atom. The quantitative estimate of drug-likeness (QED) is 0.825. The lowest BCUT2D eigenvalue weighted by atomic mass is 10.1. The van der Waals surface area contributed by atoms with Crippen LogP contribution in [0.4, 0.5) is 0 Å². The second kappa shape index (κ2) is 6.71. The number of carbonyl (C=O) groups is 1. The van der Waals surface area contributed by atoms with Crippen LogP contribution in [0.25, 0.3) is 11.1 Å². The van der Waals surface area contributed by atoms with E-state index in [1.54, 1.807) is 0 Å². The Bertz CT molecular complexity index is 477. The van der Waals surface area contributed by atoms with E-state index in [0.29, 0.717) is 0 Å². The molecule has 0 aliphatic heterocycles. The lowest BCUT2D eigenvalue weighted by molar-refractivity contribution is -0.134. The molecule has 0 aromatic heterocycles. The average Bonchev–Trinajstić information content (AvgIpc) is 2.30. The van der Waals surface area contributed by atoms with E-state index in [1.165, 1.54) is 0 Å². The normalized spacial score (nSPS) is 9.06. The molecule has 2 nitrogen and oxygen atoms in total. The zero-order valence-electron chi connectivity index (χ0n) is 9.43. The maximum atomic E-state index is 9.00. The van der Waals surface area contributed by atoms with Crippen LogP contribution in [-0.4, -0.2) is 11.1 Å². The van der Waals surface area contributed by atoms with Crippen LogP contribution in [0.3, 0.4) is 0 Å². The van der Waals surface area contributed by atoms with E-state index in [2.05, 4.69) is 12.1 Å². The van der Waals surface area contributed by atoms with Crippen molar-refractivity contribution in [3.63, 3.8) is 0 Å². The third-order valence-corrected chi connectivity index (χ3v) is 2.29. The molecule has 0 bridgehead atoms. The molecule has 88 valence electrons. The summed E-state index contributed by atoms with van der Waals surface area (Å²) in [5.74, 6) is -0.833. The van der Waals surface area contributed by atoms with Gasteiger partial charge in [-0.1, -0.05) is 60.1 Å². The molecular weight excluding hydrogens is 236 g/mol. The summed E-state index contributed by atoms with van der Waals surface area (Å²) in [4.78, 5) is 9.00. The van der Waals surface area contributed by atoms with Crippen LogP contribution in [-0.2, 0) is 4.79 Å². The molecule has 0 saturated heterocycles. The van der Waals surface area contributed by atoms with Gasteiger partial charge in [0.25, 0.3) is 5.97 Å². The molecule has 2 aromatic rings. The van der Waals surface area contributed by atoms with Gasteiger partial charge in [0.05, 0.1) is 0 Å². The van der Waals surface area contributed by atoms with E-state index in [1.807, 2.05) is 42.5 Å². The van der Waals surface area contributed by atoms with Gasteiger partial charge in [0.15, 0.2) is 0 Å². The van der Waals surface area contributed by atoms with Gasteiger partial charge in [-0.15, -0.1) is 0 Å². The minimum Gasteiger partial charge on any atom is -0.481 e. The van der Waals surface area contributed by atoms with E-state index >= 15 is 0 Å².